The molecule has 0 aliphatic rings. The van der Waals surface area contributed by atoms with E-state index in [9.17, 15) is 4.79 Å². The first-order valence-corrected chi connectivity index (χ1v) is 4.75. The highest BCUT2D eigenvalue weighted by Crippen LogP contribution is 2.15. The van der Waals surface area contributed by atoms with Crippen LogP contribution in [0.5, 0.6) is 0 Å². The van der Waals surface area contributed by atoms with Crippen molar-refractivity contribution in [2.24, 2.45) is 0 Å². The van der Waals surface area contributed by atoms with Crippen molar-refractivity contribution >= 4 is 23.6 Å². The number of rotatable bonds is 3. The van der Waals surface area contributed by atoms with Crippen LogP contribution >= 0.6 is 11.6 Å². The lowest BCUT2D eigenvalue weighted by atomic mass is 10.2. The number of benzene rings is 1. The van der Waals surface area contributed by atoms with Crippen LogP contribution in [0.2, 0.25) is 5.02 Å². The Hall–Kier alpha value is -1.72. The van der Waals surface area contributed by atoms with Gasteiger partial charge in [-0.05, 0) is 17.7 Å². The van der Waals surface area contributed by atoms with Crippen molar-refractivity contribution in [1.29, 1.82) is 0 Å². The molecule has 0 aliphatic carbocycles. The average Bonchev–Trinajstić information content (AvgIpc) is 2.25. The predicted molar refractivity (Wildman–Crippen MR) is 62.3 cm³/mol. The minimum Gasteiger partial charge on any atom is -0.342 e. The van der Waals surface area contributed by atoms with E-state index in [0.717, 1.165) is 5.56 Å². The molecule has 0 atom stereocenters. The molecule has 0 saturated carbocycles. The summed E-state index contributed by atoms with van der Waals surface area (Å²) in [4.78, 5) is 11.2. The summed E-state index contributed by atoms with van der Waals surface area (Å²) < 4.78 is 0. The fraction of sp³-hybridized carbons (Fsp3) is 0.0833. The van der Waals surface area contributed by atoms with E-state index in [1.54, 1.807) is 12.1 Å². The third kappa shape index (κ3) is 3.88. The Balaban J connectivity index is 2.62. The number of nitrogens with one attached hydrogen (secondary N) is 1. The van der Waals surface area contributed by atoms with E-state index in [-0.39, 0.29) is 12.5 Å². The first-order valence-electron chi connectivity index (χ1n) is 4.38. The monoisotopic (exact) mass is 219 g/mol. The maximum Gasteiger partial charge on any atom is 0.244 e. The minimum absolute atomic E-state index is 0.228. The summed E-state index contributed by atoms with van der Waals surface area (Å²) >= 11 is 5.90. The molecule has 76 valence electrons. The number of hydrogen-bond acceptors (Lipinski definition) is 1. The van der Waals surface area contributed by atoms with Crippen LogP contribution in [-0.4, -0.2) is 12.5 Å². The van der Waals surface area contributed by atoms with Gasteiger partial charge in [0, 0.05) is 11.1 Å². The molecule has 0 aliphatic heterocycles. The lowest BCUT2D eigenvalue weighted by molar-refractivity contribution is -0.116. The van der Waals surface area contributed by atoms with Crippen LogP contribution in [0.4, 0.5) is 0 Å². The van der Waals surface area contributed by atoms with Gasteiger partial charge in [0.05, 0.1) is 6.54 Å². The fourth-order valence-electron chi connectivity index (χ4n) is 0.973. The van der Waals surface area contributed by atoms with Crippen LogP contribution < -0.4 is 5.32 Å². The van der Waals surface area contributed by atoms with Crippen LogP contribution in [0.15, 0.2) is 30.3 Å². The summed E-state index contributed by atoms with van der Waals surface area (Å²) in [6, 6.07) is 7.27. The Morgan fingerprint density at radius 1 is 1.53 bits per heavy atom. The number of hydrogen-bond donors (Lipinski definition) is 1. The van der Waals surface area contributed by atoms with Gasteiger partial charge in [-0.15, -0.1) is 6.42 Å². The number of carbonyl (C=O) groups excluding carboxylic acids is 1. The number of halogens is 1. The van der Waals surface area contributed by atoms with E-state index >= 15 is 0 Å². The van der Waals surface area contributed by atoms with Gasteiger partial charge < -0.3 is 5.32 Å². The molecule has 1 amide bonds. The first kappa shape index (κ1) is 11.4. The van der Waals surface area contributed by atoms with Crippen molar-refractivity contribution in [3.63, 3.8) is 0 Å². The molecule has 15 heavy (non-hydrogen) atoms. The molecular formula is C12H10ClNO. The minimum atomic E-state index is -0.229. The van der Waals surface area contributed by atoms with Gasteiger partial charge >= 0.3 is 0 Å². The molecule has 0 heterocycles. The third-order valence-corrected chi connectivity index (χ3v) is 2.03. The first-order chi connectivity index (χ1) is 7.24. The highest BCUT2D eigenvalue weighted by molar-refractivity contribution is 6.32. The molecule has 0 bridgehead atoms. The van der Waals surface area contributed by atoms with Gasteiger partial charge in [0.15, 0.2) is 0 Å². The van der Waals surface area contributed by atoms with Gasteiger partial charge in [0.25, 0.3) is 0 Å². The van der Waals surface area contributed by atoms with Crippen molar-refractivity contribution < 1.29 is 4.79 Å². The van der Waals surface area contributed by atoms with Gasteiger partial charge in [0.1, 0.15) is 0 Å². The second kappa shape index (κ2) is 5.90. The second-order valence-electron chi connectivity index (χ2n) is 2.78. The lowest BCUT2D eigenvalue weighted by Gasteiger charge is -1.97. The van der Waals surface area contributed by atoms with Crippen molar-refractivity contribution in [3.05, 3.63) is 40.9 Å². The van der Waals surface area contributed by atoms with Crippen molar-refractivity contribution in [3.8, 4) is 12.3 Å². The zero-order valence-electron chi connectivity index (χ0n) is 8.03. The van der Waals surface area contributed by atoms with E-state index in [1.807, 2.05) is 18.2 Å². The molecule has 1 N–H and O–H groups in total. The molecule has 1 rings (SSSR count). The Morgan fingerprint density at radius 2 is 2.27 bits per heavy atom. The van der Waals surface area contributed by atoms with Gasteiger partial charge in [-0.3, -0.25) is 4.79 Å². The quantitative estimate of drug-likeness (QED) is 0.612. The largest absolute Gasteiger partial charge is 0.342 e. The lowest BCUT2D eigenvalue weighted by Crippen LogP contribution is -2.20. The molecule has 0 spiro atoms. The summed E-state index contributed by atoms with van der Waals surface area (Å²) in [7, 11) is 0. The Bertz CT molecular complexity index is 418. The summed E-state index contributed by atoms with van der Waals surface area (Å²) in [6.07, 6.45) is 8.05. The van der Waals surface area contributed by atoms with Crippen LogP contribution in [0.3, 0.4) is 0 Å². The Kier molecular flexibility index (Phi) is 4.46. The zero-order valence-corrected chi connectivity index (χ0v) is 8.79. The Morgan fingerprint density at radius 3 is 2.93 bits per heavy atom. The van der Waals surface area contributed by atoms with E-state index in [0.29, 0.717) is 5.02 Å². The van der Waals surface area contributed by atoms with Crippen molar-refractivity contribution in [2.75, 3.05) is 6.54 Å². The molecule has 0 saturated heterocycles. The predicted octanol–water partition coefficient (Wildman–Crippen LogP) is 2.10. The van der Waals surface area contributed by atoms with Crippen molar-refractivity contribution in [1.82, 2.24) is 5.32 Å². The molecule has 0 radical (unpaired) electrons. The van der Waals surface area contributed by atoms with Crippen molar-refractivity contribution in [2.45, 2.75) is 0 Å². The molecule has 0 unspecified atom stereocenters. The number of terminal acetylenes is 1. The van der Waals surface area contributed by atoms with Crippen LogP contribution in [0, 0.1) is 12.3 Å². The van der Waals surface area contributed by atoms with Crippen LogP contribution in [0.25, 0.3) is 6.08 Å². The van der Waals surface area contributed by atoms with Gasteiger partial charge in [-0.2, -0.15) is 0 Å². The van der Waals surface area contributed by atoms with Crippen LogP contribution in [0.1, 0.15) is 5.56 Å². The summed E-state index contributed by atoms with van der Waals surface area (Å²) in [5, 5.41) is 3.13. The standard InChI is InChI=1S/C12H10ClNO/c1-2-9-14-12(15)8-7-10-5-3-4-6-11(10)13/h1,3-8H,9H2,(H,14,15)/b8-7+. The number of carbonyl (C=O) groups is 1. The smallest absolute Gasteiger partial charge is 0.244 e. The topological polar surface area (TPSA) is 29.1 Å². The van der Waals surface area contributed by atoms with Gasteiger partial charge in [0.2, 0.25) is 5.91 Å². The maximum absolute atomic E-state index is 11.2. The van der Waals surface area contributed by atoms with Gasteiger partial charge in [-0.25, -0.2) is 0 Å². The molecule has 2 nitrogen and oxygen atoms in total. The normalized spacial score (nSPS) is 9.87. The van der Waals surface area contributed by atoms with Crippen LogP contribution in [-0.2, 0) is 4.79 Å². The summed E-state index contributed by atoms with van der Waals surface area (Å²) in [5.74, 6) is 2.09. The van der Waals surface area contributed by atoms with Gasteiger partial charge in [-0.1, -0.05) is 35.7 Å². The maximum atomic E-state index is 11.2. The Labute approximate surface area is 93.9 Å². The fourth-order valence-corrected chi connectivity index (χ4v) is 1.17. The molecule has 0 fully saturated rings. The molecule has 0 aromatic heterocycles. The molecule has 1 aromatic rings. The van der Waals surface area contributed by atoms with E-state index in [4.69, 9.17) is 18.0 Å². The van der Waals surface area contributed by atoms with E-state index in [2.05, 4.69) is 11.2 Å². The summed E-state index contributed by atoms with van der Waals surface area (Å²) in [6.45, 7) is 0.228. The second-order valence-corrected chi connectivity index (χ2v) is 3.18. The molecule has 1 aromatic carbocycles. The van der Waals surface area contributed by atoms with E-state index < -0.39 is 0 Å². The highest BCUT2D eigenvalue weighted by Gasteiger charge is 1.95. The zero-order chi connectivity index (χ0) is 11.1. The number of amides is 1. The third-order valence-electron chi connectivity index (χ3n) is 1.68. The van der Waals surface area contributed by atoms with E-state index in [1.165, 1.54) is 6.08 Å². The SMILES string of the molecule is C#CCNC(=O)/C=C/c1ccccc1Cl. The molecule has 3 heteroatoms. The summed E-state index contributed by atoms with van der Waals surface area (Å²) in [5.41, 5.74) is 0.801. The highest BCUT2D eigenvalue weighted by atomic mass is 35.5. The molecular weight excluding hydrogens is 210 g/mol. The average molecular weight is 220 g/mol.